The number of fused-ring (bicyclic) bond motifs is 1. The topological polar surface area (TPSA) is 73.1 Å². The van der Waals surface area contributed by atoms with Gasteiger partial charge in [-0.25, -0.2) is 0 Å². The average Bonchev–Trinajstić information content (AvgIpc) is 3.32. The van der Waals surface area contributed by atoms with Crippen LogP contribution in [0.3, 0.4) is 0 Å². The van der Waals surface area contributed by atoms with Gasteiger partial charge in [-0.3, -0.25) is 9.69 Å². The van der Waals surface area contributed by atoms with Gasteiger partial charge in [0, 0.05) is 25.1 Å². The minimum absolute atomic E-state index is 0.0349. The Morgan fingerprint density at radius 1 is 1.19 bits per heavy atom. The van der Waals surface area contributed by atoms with Crippen LogP contribution in [0.1, 0.15) is 46.2 Å². The molecule has 0 spiro atoms. The maximum absolute atomic E-state index is 13.5. The summed E-state index contributed by atoms with van der Waals surface area (Å²) in [4.78, 5) is 18.6. The maximum atomic E-state index is 13.5. The molecule has 168 valence electrons. The monoisotopic (exact) mass is 445 g/mol. The van der Waals surface area contributed by atoms with Crippen molar-refractivity contribution in [2.45, 2.75) is 38.9 Å². The van der Waals surface area contributed by atoms with Gasteiger partial charge in [0.25, 0.3) is 5.91 Å². The molecule has 32 heavy (non-hydrogen) atoms. The number of aromatic nitrogens is 4. The van der Waals surface area contributed by atoms with Gasteiger partial charge in [-0.05, 0) is 42.2 Å². The quantitative estimate of drug-likeness (QED) is 0.550. The number of alkyl halides is 3. The van der Waals surface area contributed by atoms with Gasteiger partial charge >= 0.3 is 6.18 Å². The molecule has 1 amide bonds. The molecule has 0 aliphatic carbocycles. The molecule has 0 radical (unpaired) electrons. The molecule has 1 aliphatic heterocycles. The van der Waals surface area contributed by atoms with E-state index in [0.29, 0.717) is 25.3 Å². The van der Waals surface area contributed by atoms with Crippen LogP contribution in [0.5, 0.6) is 5.88 Å². The zero-order valence-electron chi connectivity index (χ0n) is 17.7. The molecule has 1 aromatic carbocycles. The first-order valence-corrected chi connectivity index (χ1v) is 10.3. The molecule has 1 aliphatic rings. The summed E-state index contributed by atoms with van der Waals surface area (Å²) in [6.07, 6.45) is -0.986. The van der Waals surface area contributed by atoms with Gasteiger partial charge in [-0.15, -0.1) is 10.2 Å². The Hall–Kier alpha value is -3.43. The molecule has 10 heteroatoms. The number of halogens is 3. The summed E-state index contributed by atoms with van der Waals surface area (Å²) in [6.45, 7) is 2.19. The van der Waals surface area contributed by atoms with Crippen molar-refractivity contribution >= 4 is 11.7 Å². The smallest absolute Gasteiger partial charge is 0.416 e. The highest BCUT2D eigenvalue weighted by Gasteiger charge is 2.40. The number of anilines is 1. The van der Waals surface area contributed by atoms with E-state index in [1.807, 2.05) is 18.5 Å². The van der Waals surface area contributed by atoms with Crippen LogP contribution in [0, 0.1) is 0 Å². The summed E-state index contributed by atoms with van der Waals surface area (Å²) in [5.74, 6) is 0.877. The van der Waals surface area contributed by atoms with Crippen molar-refractivity contribution in [2.75, 3.05) is 11.5 Å². The third-order valence-electron chi connectivity index (χ3n) is 5.29. The van der Waals surface area contributed by atoms with Crippen molar-refractivity contribution in [2.24, 2.45) is 7.05 Å². The second-order valence-electron chi connectivity index (χ2n) is 7.60. The molecule has 0 atom stereocenters. The molecule has 7 nitrogen and oxygen atoms in total. The van der Waals surface area contributed by atoms with Crippen molar-refractivity contribution in [1.82, 2.24) is 19.7 Å². The molecular weight excluding hydrogens is 423 g/mol. The van der Waals surface area contributed by atoms with E-state index in [-0.39, 0.29) is 23.5 Å². The first kappa shape index (κ1) is 21.8. The molecule has 0 fully saturated rings. The lowest BCUT2D eigenvalue weighted by atomic mass is 10.0. The lowest BCUT2D eigenvalue weighted by Gasteiger charge is -2.18. The Bertz CT molecular complexity index is 1140. The molecule has 4 rings (SSSR count). The van der Waals surface area contributed by atoms with Crippen LogP contribution in [-0.2, 0) is 32.6 Å². The van der Waals surface area contributed by atoms with Crippen LogP contribution < -0.4 is 9.64 Å². The maximum Gasteiger partial charge on any atom is 0.416 e. The molecule has 3 aromatic rings. The summed E-state index contributed by atoms with van der Waals surface area (Å²) in [5.41, 5.74) is 0.0464. The molecule has 2 aromatic heterocycles. The van der Waals surface area contributed by atoms with E-state index >= 15 is 0 Å². The fourth-order valence-corrected chi connectivity index (χ4v) is 3.68. The first-order valence-electron chi connectivity index (χ1n) is 10.3. The number of benzene rings is 1. The van der Waals surface area contributed by atoms with Crippen molar-refractivity contribution in [3.8, 4) is 5.88 Å². The van der Waals surface area contributed by atoms with Crippen molar-refractivity contribution in [3.63, 3.8) is 0 Å². The Balaban J connectivity index is 1.66. The van der Waals surface area contributed by atoms with E-state index in [9.17, 15) is 18.0 Å². The van der Waals surface area contributed by atoms with E-state index in [2.05, 4.69) is 15.2 Å². The van der Waals surface area contributed by atoms with Gasteiger partial charge in [0.05, 0.1) is 18.7 Å². The highest BCUT2D eigenvalue weighted by molar-refractivity contribution is 6.09. The zero-order chi connectivity index (χ0) is 22.9. The van der Waals surface area contributed by atoms with Crippen LogP contribution >= 0.6 is 0 Å². The number of amides is 1. The van der Waals surface area contributed by atoms with E-state index in [0.717, 1.165) is 23.9 Å². The third-order valence-corrected chi connectivity index (χ3v) is 5.29. The summed E-state index contributed by atoms with van der Waals surface area (Å²) in [5, 5.41) is 7.93. The average molecular weight is 445 g/mol. The third kappa shape index (κ3) is 4.30. The van der Waals surface area contributed by atoms with E-state index < -0.39 is 17.6 Å². The zero-order valence-corrected chi connectivity index (χ0v) is 17.7. The number of carbonyl (C=O) groups is 1. The summed E-state index contributed by atoms with van der Waals surface area (Å²) < 4.78 is 47.9. The summed E-state index contributed by atoms with van der Waals surface area (Å²) in [7, 11) is 1.85. The van der Waals surface area contributed by atoms with Crippen molar-refractivity contribution in [3.05, 3.63) is 64.7 Å². The second-order valence-corrected chi connectivity index (χ2v) is 7.60. The first-order chi connectivity index (χ1) is 15.3. The number of hydrogen-bond acceptors (Lipinski definition) is 5. The highest BCUT2D eigenvalue weighted by Crippen LogP contribution is 2.38. The fraction of sp³-hybridized carbons (Fsp3) is 0.364. The highest BCUT2D eigenvalue weighted by atomic mass is 19.4. The fourth-order valence-electron chi connectivity index (χ4n) is 3.68. The van der Waals surface area contributed by atoms with Crippen LogP contribution in [0.25, 0.3) is 0 Å². The van der Waals surface area contributed by atoms with Gasteiger partial charge in [0.2, 0.25) is 5.88 Å². The lowest BCUT2D eigenvalue weighted by Crippen LogP contribution is -2.24. The van der Waals surface area contributed by atoms with Crippen LogP contribution in [0.2, 0.25) is 0 Å². The van der Waals surface area contributed by atoms with Gasteiger partial charge in [-0.2, -0.15) is 18.2 Å². The second kappa shape index (κ2) is 8.60. The van der Waals surface area contributed by atoms with Crippen LogP contribution in [0.15, 0.2) is 36.7 Å². The standard InChI is InChI=1S/C22H22F3N5O2/c1-3-9-32-20-11-14(7-8-18-28-26-13-29(18)2)10-19(27-20)30-12-16-15(21(30)31)5-4-6-17(16)22(23,24)25/h4-6,10-11,13H,3,7-9,12H2,1-2H3. The van der Waals surface area contributed by atoms with Crippen molar-refractivity contribution < 1.29 is 22.7 Å². The predicted octanol–water partition coefficient (Wildman–Crippen LogP) is 3.96. The Morgan fingerprint density at radius 3 is 2.69 bits per heavy atom. The Kier molecular flexibility index (Phi) is 5.86. The normalized spacial score (nSPS) is 13.5. The molecule has 3 heterocycles. The summed E-state index contributed by atoms with van der Waals surface area (Å²) in [6, 6.07) is 7.16. The molecule has 0 unspecified atom stereocenters. The minimum Gasteiger partial charge on any atom is -0.478 e. The lowest BCUT2D eigenvalue weighted by molar-refractivity contribution is -0.138. The predicted molar refractivity (Wildman–Crippen MR) is 110 cm³/mol. The van der Waals surface area contributed by atoms with Crippen LogP contribution in [-0.4, -0.2) is 32.3 Å². The number of carbonyl (C=O) groups excluding carboxylic acids is 1. The van der Waals surface area contributed by atoms with E-state index in [4.69, 9.17) is 4.74 Å². The minimum atomic E-state index is -4.54. The van der Waals surface area contributed by atoms with Crippen molar-refractivity contribution in [1.29, 1.82) is 0 Å². The summed E-state index contributed by atoms with van der Waals surface area (Å²) >= 11 is 0. The van der Waals surface area contributed by atoms with Gasteiger partial charge in [-0.1, -0.05) is 13.0 Å². The number of nitrogens with zero attached hydrogens (tertiary/aromatic N) is 5. The van der Waals surface area contributed by atoms with Gasteiger partial charge in [0.15, 0.2) is 0 Å². The van der Waals surface area contributed by atoms with Crippen LogP contribution in [0.4, 0.5) is 19.0 Å². The number of hydrogen-bond donors (Lipinski definition) is 0. The molecular formula is C22H22F3N5O2. The van der Waals surface area contributed by atoms with E-state index in [1.165, 1.54) is 17.0 Å². The van der Waals surface area contributed by atoms with E-state index in [1.54, 1.807) is 18.5 Å². The number of ether oxygens (including phenoxy) is 1. The Morgan fingerprint density at radius 2 is 2.00 bits per heavy atom. The van der Waals surface area contributed by atoms with Gasteiger partial charge in [0.1, 0.15) is 18.0 Å². The number of pyridine rings is 1. The molecule has 0 saturated heterocycles. The number of rotatable bonds is 7. The molecule has 0 N–H and O–H groups in total. The van der Waals surface area contributed by atoms with Gasteiger partial charge < -0.3 is 9.30 Å². The SMILES string of the molecule is CCCOc1cc(CCc2nncn2C)cc(N2Cc3c(cccc3C(F)(F)F)C2=O)n1. The number of aryl methyl sites for hydroxylation is 3. The molecule has 0 bridgehead atoms. The Labute approximate surface area is 182 Å². The molecule has 0 saturated carbocycles. The largest absolute Gasteiger partial charge is 0.478 e.